The van der Waals surface area contributed by atoms with Crippen LogP contribution in [0.25, 0.3) is 16.5 Å². The Balaban J connectivity index is 0.00000208. The maximum atomic E-state index is 6.54. The van der Waals surface area contributed by atoms with Gasteiger partial charge in [0.2, 0.25) is 0 Å². The Kier molecular flexibility index (Phi) is 6.73. The minimum atomic E-state index is 0. The largest absolute Gasteiger partial charge is 1.00 e. The first-order valence-electron chi connectivity index (χ1n) is 8.08. The molecule has 0 saturated carbocycles. The number of hydrogen-bond donors (Lipinski definition) is 0. The normalized spacial score (nSPS) is 10.8. The predicted octanol–water partition coefficient (Wildman–Crippen LogP) is 2.73. The van der Waals surface area contributed by atoms with E-state index in [1.165, 1.54) is 29.2 Å². The van der Waals surface area contributed by atoms with Gasteiger partial charge >= 0.3 is 0 Å². The average molecular weight is 428 g/mol. The van der Waals surface area contributed by atoms with Crippen molar-refractivity contribution in [1.82, 2.24) is 4.57 Å². The van der Waals surface area contributed by atoms with Crippen LogP contribution in [0.1, 0.15) is 31.7 Å². The van der Waals surface area contributed by atoms with E-state index in [0.29, 0.717) is 10.3 Å². The molecule has 0 unspecified atom stereocenters. The highest BCUT2D eigenvalue weighted by Crippen LogP contribution is 2.30. The lowest BCUT2D eigenvalue weighted by Gasteiger charge is -2.07. The zero-order valence-corrected chi connectivity index (χ0v) is 17.0. The van der Waals surface area contributed by atoms with Crippen LogP contribution in [0.15, 0.2) is 42.7 Å². The number of nitrogens with zero attached hydrogens (tertiary/aromatic N) is 2. The van der Waals surface area contributed by atoms with Crippen molar-refractivity contribution in [3.05, 3.63) is 58.6 Å². The van der Waals surface area contributed by atoms with Crippen LogP contribution in [0.5, 0.6) is 0 Å². The lowest BCUT2D eigenvalue weighted by Crippen LogP contribution is -3.00. The summed E-state index contributed by atoms with van der Waals surface area (Å²) in [4.78, 5) is 0. The minimum Gasteiger partial charge on any atom is -1.00 e. The second-order valence-electron chi connectivity index (χ2n) is 5.92. The standard InChI is InChI=1S/C19H21Cl2N2.BrH/c1-3-4-7-12-22-13-23(19(21)18(22)20)17-14(2)10-11-15-8-5-6-9-16(15)17;/h5-6,8-11,13H,3-4,7,12H2,1-2H3;1H/q+1;/p-1. The van der Waals surface area contributed by atoms with E-state index in [0.717, 1.165) is 18.7 Å². The van der Waals surface area contributed by atoms with Gasteiger partial charge in [0.05, 0.1) is 6.54 Å². The Morgan fingerprint density at radius 2 is 1.79 bits per heavy atom. The fourth-order valence-corrected chi connectivity index (χ4v) is 3.44. The van der Waals surface area contributed by atoms with Gasteiger partial charge < -0.3 is 17.0 Å². The summed E-state index contributed by atoms with van der Waals surface area (Å²) in [7, 11) is 0. The van der Waals surface area contributed by atoms with E-state index >= 15 is 0 Å². The first-order chi connectivity index (χ1) is 11.1. The molecule has 3 rings (SSSR count). The summed E-state index contributed by atoms with van der Waals surface area (Å²) in [6.07, 6.45) is 5.51. The van der Waals surface area contributed by atoms with Gasteiger partial charge in [0.25, 0.3) is 16.6 Å². The van der Waals surface area contributed by atoms with E-state index in [1.54, 1.807) is 0 Å². The third-order valence-corrected chi connectivity index (χ3v) is 5.09. The molecule has 0 aliphatic carbocycles. The molecule has 0 N–H and O–H groups in total. The van der Waals surface area contributed by atoms with E-state index in [2.05, 4.69) is 50.2 Å². The number of fused-ring (bicyclic) bond motifs is 1. The molecule has 0 fully saturated rings. The Morgan fingerprint density at radius 3 is 2.54 bits per heavy atom. The van der Waals surface area contributed by atoms with Gasteiger partial charge in [0.1, 0.15) is 5.69 Å². The molecule has 1 aromatic heterocycles. The molecular formula is C19H21BrCl2N2. The third kappa shape index (κ3) is 3.63. The number of halogens is 3. The maximum absolute atomic E-state index is 6.54. The van der Waals surface area contributed by atoms with Crippen molar-refractivity contribution in [3.8, 4) is 5.69 Å². The summed E-state index contributed by atoms with van der Waals surface area (Å²) in [5, 5.41) is 3.56. The monoisotopic (exact) mass is 426 g/mol. The molecule has 5 heteroatoms. The van der Waals surface area contributed by atoms with Gasteiger partial charge in [0.15, 0.2) is 0 Å². The number of hydrogen-bond acceptors (Lipinski definition) is 0. The van der Waals surface area contributed by atoms with Gasteiger partial charge in [-0.15, -0.1) is 0 Å². The Bertz CT molecular complexity index is 843. The highest BCUT2D eigenvalue weighted by Gasteiger charge is 2.23. The summed E-state index contributed by atoms with van der Waals surface area (Å²) in [6, 6.07) is 12.6. The fraction of sp³-hybridized carbons (Fsp3) is 0.316. The van der Waals surface area contributed by atoms with E-state index in [9.17, 15) is 0 Å². The van der Waals surface area contributed by atoms with Gasteiger partial charge in [-0.2, -0.15) is 4.57 Å². The van der Waals surface area contributed by atoms with Crippen LogP contribution in [0, 0.1) is 6.92 Å². The van der Waals surface area contributed by atoms with Gasteiger partial charge in [0, 0.05) is 5.39 Å². The molecule has 0 aliphatic heterocycles. The van der Waals surface area contributed by atoms with Gasteiger partial charge in [-0.3, -0.25) is 0 Å². The van der Waals surface area contributed by atoms with Gasteiger partial charge in [-0.1, -0.05) is 49.7 Å². The molecule has 0 radical (unpaired) electrons. The van der Waals surface area contributed by atoms with Crippen molar-refractivity contribution in [2.45, 2.75) is 39.7 Å². The molecule has 0 aliphatic rings. The average Bonchev–Trinajstić information content (AvgIpc) is 2.83. The highest BCUT2D eigenvalue weighted by atomic mass is 79.9. The third-order valence-electron chi connectivity index (χ3n) is 4.23. The van der Waals surface area contributed by atoms with E-state index in [-0.39, 0.29) is 17.0 Å². The zero-order chi connectivity index (χ0) is 16.4. The lowest BCUT2D eigenvalue weighted by molar-refractivity contribution is -0.694. The zero-order valence-electron chi connectivity index (χ0n) is 13.9. The summed E-state index contributed by atoms with van der Waals surface area (Å²) in [5.41, 5.74) is 2.28. The number of aryl methyl sites for hydroxylation is 2. The number of unbranched alkanes of at least 4 members (excludes halogenated alkanes) is 2. The number of rotatable bonds is 5. The first-order valence-corrected chi connectivity index (χ1v) is 8.83. The predicted molar refractivity (Wildman–Crippen MR) is 97.8 cm³/mol. The summed E-state index contributed by atoms with van der Waals surface area (Å²) in [5.74, 6) is 0. The Hall–Kier alpha value is -1.03. The number of imidazole rings is 1. The van der Waals surface area contributed by atoms with Crippen LogP contribution in [0.2, 0.25) is 10.3 Å². The molecular weight excluding hydrogens is 407 g/mol. The summed E-state index contributed by atoms with van der Waals surface area (Å²) >= 11 is 13.0. The molecule has 0 amide bonds. The van der Waals surface area contributed by atoms with E-state index in [4.69, 9.17) is 23.2 Å². The van der Waals surface area contributed by atoms with Crippen LogP contribution in [-0.4, -0.2) is 4.57 Å². The van der Waals surface area contributed by atoms with Gasteiger partial charge in [-0.05, 0) is 53.9 Å². The lowest BCUT2D eigenvalue weighted by atomic mass is 10.0. The Labute approximate surface area is 163 Å². The van der Waals surface area contributed by atoms with Crippen molar-refractivity contribution >= 4 is 34.0 Å². The summed E-state index contributed by atoms with van der Waals surface area (Å²) in [6.45, 7) is 5.19. The van der Waals surface area contributed by atoms with Crippen molar-refractivity contribution in [2.75, 3.05) is 0 Å². The molecule has 1 heterocycles. The molecule has 0 saturated heterocycles. The van der Waals surface area contributed by atoms with E-state index in [1.807, 2.05) is 15.5 Å². The van der Waals surface area contributed by atoms with Crippen molar-refractivity contribution < 1.29 is 21.5 Å². The molecule has 24 heavy (non-hydrogen) atoms. The molecule has 128 valence electrons. The van der Waals surface area contributed by atoms with Crippen molar-refractivity contribution in [1.29, 1.82) is 0 Å². The number of aromatic nitrogens is 2. The van der Waals surface area contributed by atoms with Crippen molar-refractivity contribution in [3.63, 3.8) is 0 Å². The SMILES string of the molecule is CCCCC[n+]1cn(-c2c(C)ccc3ccccc23)c(Cl)c1Cl.[Br-]. The quantitative estimate of drug-likeness (QED) is 0.437. The van der Waals surface area contributed by atoms with Crippen LogP contribution in [0.3, 0.4) is 0 Å². The maximum Gasteiger partial charge on any atom is 0.260 e. The smallest absolute Gasteiger partial charge is 0.260 e. The fourth-order valence-electron chi connectivity index (χ4n) is 2.99. The summed E-state index contributed by atoms with van der Waals surface area (Å²) < 4.78 is 4.05. The second kappa shape index (κ2) is 8.37. The van der Waals surface area contributed by atoms with Crippen LogP contribution < -0.4 is 21.5 Å². The van der Waals surface area contributed by atoms with Crippen LogP contribution >= 0.6 is 23.2 Å². The number of benzene rings is 2. The van der Waals surface area contributed by atoms with Crippen molar-refractivity contribution in [2.24, 2.45) is 0 Å². The topological polar surface area (TPSA) is 8.81 Å². The molecule has 2 aromatic carbocycles. The first kappa shape index (κ1) is 19.3. The second-order valence-corrected chi connectivity index (χ2v) is 6.64. The Morgan fingerprint density at radius 1 is 1.04 bits per heavy atom. The molecule has 0 atom stereocenters. The molecule has 0 bridgehead atoms. The van der Waals surface area contributed by atoms with Crippen LogP contribution in [0.4, 0.5) is 0 Å². The molecule has 3 aromatic rings. The minimum absolute atomic E-state index is 0. The molecule has 2 nitrogen and oxygen atoms in total. The van der Waals surface area contributed by atoms with Gasteiger partial charge in [-0.25, -0.2) is 4.57 Å². The molecule has 0 spiro atoms. The highest BCUT2D eigenvalue weighted by molar-refractivity contribution is 6.40. The van der Waals surface area contributed by atoms with Crippen LogP contribution in [-0.2, 0) is 6.54 Å². The van der Waals surface area contributed by atoms with E-state index < -0.39 is 0 Å².